The molecule has 3 aromatic rings. The van der Waals surface area contributed by atoms with Crippen LogP contribution in [0.1, 0.15) is 30.8 Å². The highest BCUT2D eigenvalue weighted by atomic mass is 79.9. The Hall–Kier alpha value is -2.88. The van der Waals surface area contributed by atoms with Gasteiger partial charge in [0, 0.05) is 33.7 Å². The lowest BCUT2D eigenvalue weighted by atomic mass is 10.2. The SMILES string of the molecule is CC(C)OCCCNC(=O)C(=O)Nn1c(C(=O)Nc2cccc(Cl)c2)cc2cc(Br)ccc21. The molecule has 0 unspecified atom stereocenters. The van der Waals surface area contributed by atoms with Gasteiger partial charge in [-0.25, -0.2) is 4.68 Å². The second-order valence-corrected chi connectivity index (χ2v) is 8.85. The summed E-state index contributed by atoms with van der Waals surface area (Å²) in [7, 11) is 0. The van der Waals surface area contributed by atoms with Crippen molar-refractivity contribution in [1.29, 1.82) is 0 Å². The summed E-state index contributed by atoms with van der Waals surface area (Å²) in [5.41, 5.74) is 3.72. The molecule has 0 atom stereocenters. The number of amides is 3. The van der Waals surface area contributed by atoms with Crippen molar-refractivity contribution in [1.82, 2.24) is 9.99 Å². The molecule has 0 aliphatic carbocycles. The Morgan fingerprint density at radius 3 is 2.61 bits per heavy atom. The number of halogens is 2. The number of aromatic nitrogens is 1. The third-order valence-corrected chi connectivity index (χ3v) is 5.28. The first-order chi connectivity index (χ1) is 15.7. The zero-order chi connectivity index (χ0) is 24.0. The molecule has 0 saturated carbocycles. The molecule has 3 N–H and O–H groups in total. The summed E-state index contributed by atoms with van der Waals surface area (Å²) in [6.45, 7) is 4.61. The molecule has 2 aromatic carbocycles. The molecule has 3 rings (SSSR count). The van der Waals surface area contributed by atoms with Gasteiger partial charge in [0.1, 0.15) is 5.69 Å². The minimum Gasteiger partial charge on any atom is -0.379 e. The second-order valence-electron chi connectivity index (χ2n) is 7.50. The quantitative estimate of drug-likeness (QED) is 0.295. The van der Waals surface area contributed by atoms with E-state index in [1.54, 1.807) is 42.5 Å². The zero-order valence-electron chi connectivity index (χ0n) is 18.2. The van der Waals surface area contributed by atoms with Gasteiger partial charge in [-0.15, -0.1) is 0 Å². The predicted octanol–water partition coefficient (Wildman–Crippen LogP) is 4.31. The lowest BCUT2D eigenvalue weighted by Gasteiger charge is -2.13. The summed E-state index contributed by atoms with van der Waals surface area (Å²) in [6.07, 6.45) is 0.674. The van der Waals surface area contributed by atoms with Crippen LogP contribution in [0.15, 0.2) is 53.0 Å². The molecule has 0 aliphatic heterocycles. The molecule has 3 amide bonds. The predicted molar refractivity (Wildman–Crippen MR) is 132 cm³/mol. The van der Waals surface area contributed by atoms with Crippen LogP contribution >= 0.6 is 27.5 Å². The summed E-state index contributed by atoms with van der Waals surface area (Å²) in [5, 5.41) is 6.48. The van der Waals surface area contributed by atoms with Crippen LogP contribution in [0.25, 0.3) is 10.9 Å². The fraction of sp³-hybridized carbons (Fsp3) is 0.261. The molecule has 1 heterocycles. The van der Waals surface area contributed by atoms with Crippen LogP contribution in [0, 0.1) is 0 Å². The minimum absolute atomic E-state index is 0.0996. The van der Waals surface area contributed by atoms with E-state index < -0.39 is 17.7 Å². The minimum atomic E-state index is -0.892. The number of anilines is 1. The van der Waals surface area contributed by atoms with Crippen LogP contribution in [-0.4, -0.2) is 41.7 Å². The number of carbonyl (C=O) groups excluding carboxylic acids is 3. The Morgan fingerprint density at radius 2 is 1.88 bits per heavy atom. The van der Waals surface area contributed by atoms with Gasteiger partial charge in [-0.3, -0.25) is 19.8 Å². The van der Waals surface area contributed by atoms with E-state index in [1.807, 2.05) is 19.9 Å². The number of hydrogen-bond donors (Lipinski definition) is 3. The van der Waals surface area contributed by atoms with E-state index in [-0.39, 0.29) is 11.8 Å². The van der Waals surface area contributed by atoms with E-state index >= 15 is 0 Å². The number of rotatable bonds is 8. The van der Waals surface area contributed by atoms with Gasteiger partial charge in [-0.05, 0) is 62.7 Å². The second kappa shape index (κ2) is 11.3. The molecule has 10 heteroatoms. The summed E-state index contributed by atoms with van der Waals surface area (Å²) in [6, 6.07) is 13.7. The lowest BCUT2D eigenvalue weighted by Crippen LogP contribution is -2.40. The molecule has 1 aromatic heterocycles. The van der Waals surface area contributed by atoms with Crippen molar-refractivity contribution in [3.05, 3.63) is 63.7 Å². The smallest absolute Gasteiger partial charge is 0.328 e. The fourth-order valence-electron chi connectivity index (χ4n) is 3.06. The van der Waals surface area contributed by atoms with Crippen molar-refractivity contribution in [2.24, 2.45) is 0 Å². The largest absolute Gasteiger partial charge is 0.379 e. The van der Waals surface area contributed by atoms with Crippen molar-refractivity contribution >= 4 is 61.8 Å². The van der Waals surface area contributed by atoms with Crippen LogP contribution in [-0.2, 0) is 14.3 Å². The highest BCUT2D eigenvalue weighted by Gasteiger charge is 2.21. The summed E-state index contributed by atoms with van der Waals surface area (Å²) in [4.78, 5) is 37.8. The maximum absolute atomic E-state index is 13.0. The maximum atomic E-state index is 13.0. The van der Waals surface area contributed by atoms with Crippen molar-refractivity contribution in [3.8, 4) is 0 Å². The van der Waals surface area contributed by atoms with Crippen molar-refractivity contribution < 1.29 is 19.1 Å². The molecule has 8 nitrogen and oxygen atoms in total. The molecule has 33 heavy (non-hydrogen) atoms. The molecule has 0 spiro atoms. The molecule has 0 saturated heterocycles. The lowest BCUT2D eigenvalue weighted by molar-refractivity contribution is -0.136. The van der Waals surface area contributed by atoms with Gasteiger partial charge in [0.05, 0.1) is 11.6 Å². The van der Waals surface area contributed by atoms with Gasteiger partial charge in [0.15, 0.2) is 0 Å². The summed E-state index contributed by atoms with van der Waals surface area (Å²) in [5.74, 6) is -2.17. The van der Waals surface area contributed by atoms with E-state index in [4.69, 9.17) is 16.3 Å². The average molecular weight is 536 g/mol. The van der Waals surface area contributed by atoms with Crippen molar-refractivity contribution in [3.63, 3.8) is 0 Å². The topological polar surface area (TPSA) is 101 Å². The normalized spacial score (nSPS) is 10.9. The Kier molecular flexibility index (Phi) is 8.49. The first-order valence-electron chi connectivity index (χ1n) is 10.3. The first-order valence-corrected chi connectivity index (χ1v) is 11.5. The molecule has 174 valence electrons. The van der Waals surface area contributed by atoms with Crippen LogP contribution in [0.3, 0.4) is 0 Å². The highest BCUT2D eigenvalue weighted by molar-refractivity contribution is 9.10. The van der Waals surface area contributed by atoms with E-state index in [1.165, 1.54) is 4.68 Å². The van der Waals surface area contributed by atoms with Crippen LogP contribution in [0.2, 0.25) is 5.02 Å². The first kappa shape index (κ1) is 24.8. The van der Waals surface area contributed by atoms with Crippen LogP contribution < -0.4 is 16.1 Å². The Bertz CT molecular complexity index is 1180. The number of ether oxygens (including phenoxy) is 1. The van der Waals surface area contributed by atoms with Gasteiger partial charge in [-0.1, -0.05) is 33.6 Å². The third kappa shape index (κ3) is 6.80. The van der Waals surface area contributed by atoms with Gasteiger partial charge in [0.2, 0.25) is 0 Å². The van der Waals surface area contributed by atoms with E-state index in [0.29, 0.717) is 41.2 Å². The fourth-order valence-corrected chi connectivity index (χ4v) is 3.63. The summed E-state index contributed by atoms with van der Waals surface area (Å²) >= 11 is 9.40. The van der Waals surface area contributed by atoms with Gasteiger partial charge >= 0.3 is 11.8 Å². The standard InChI is InChI=1S/C23H24BrClN4O4/c1-14(2)33-10-4-9-26-22(31)23(32)28-29-19-8-7-16(24)11-15(19)12-20(29)21(30)27-18-6-3-5-17(25)13-18/h3,5-8,11-14H,4,9-10H2,1-2H3,(H,26,31)(H,27,30)(H,28,32). The van der Waals surface area contributed by atoms with Gasteiger partial charge in [0.25, 0.3) is 5.91 Å². The van der Waals surface area contributed by atoms with E-state index in [9.17, 15) is 14.4 Å². The van der Waals surface area contributed by atoms with Crippen molar-refractivity contribution in [2.75, 3.05) is 23.9 Å². The van der Waals surface area contributed by atoms with Crippen LogP contribution in [0.4, 0.5) is 5.69 Å². The number of fused-ring (bicyclic) bond motifs is 1. The molecule has 0 fully saturated rings. The Morgan fingerprint density at radius 1 is 1.09 bits per heavy atom. The number of carbonyl (C=O) groups is 3. The zero-order valence-corrected chi connectivity index (χ0v) is 20.5. The summed E-state index contributed by atoms with van der Waals surface area (Å²) < 4.78 is 7.52. The number of nitrogens with zero attached hydrogens (tertiary/aromatic N) is 1. The van der Waals surface area contributed by atoms with Gasteiger partial charge < -0.3 is 15.4 Å². The Balaban J connectivity index is 1.77. The molecular formula is C23H24BrClN4O4. The van der Waals surface area contributed by atoms with Crippen molar-refractivity contribution in [2.45, 2.75) is 26.4 Å². The number of benzene rings is 2. The Labute approximate surface area is 204 Å². The maximum Gasteiger partial charge on any atom is 0.328 e. The number of hydrogen-bond acceptors (Lipinski definition) is 4. The molecule has 0 aliphatic rings. The van der Waals surface area contributed by atoms with E-state index in [0.717, 1.165) is 4.47 Å². The molecule has 0 radical (unpaired) electrons. The van der Waals surface area contributed by atoms with Gasteiger partial charge in [-0.2, -0.15) is 0 Å². The molecular weight excluding hydrogens is 512 g/mol. The van der Waals surface area contributed by atoms with E-state index in [2.05, 4.69) is 32.0 Å². The van der Waals surface area contributed by atoms with Crippen LogP contribution in [0.5, 0.6) is 0 Å². The average Bonchev–Trinajstić information content (AvgIpc) is 3.10. The molecule has 0 bridgehead atoms. The third-order valence-electron chi connectivity index (χ3n) is 4.56. The number of nitrogens with one attached hydrogen (secondary N) is 3. The highest BCUT2D eigenvalue weighted by Crippen LogP contribution is 2.24. The monoisotopic (exact) mass is 534 g/mol.